The van der Waals surface area contributed by atoms with Gasteiger partial charge in [-0.05, 0) is 57.5 Å². The number of carbonyl (C=O) groups is 1. The molecule has 0 unspecified atom stereocenters. The van der Waals surface area contributed by atoms with E-state index in [9.17, 15) is 4.79 Å². The van der Waals surface area contributed by atoms with Gasteiger partial charge >= 0.3 is 0 Å². The highest BCUT2D eigenvalue weighted by atomic mass is 16.5. The third-order valence-corrected chi connectivity index (χ3v) is 4.40. The van der Waals surface area contributed by atoms with Crippen LogP contribution in [0.1, 0.15) is 40.9 Å². The number of aromatic nitrogens is 2. The first-order valence-corrected chi connectivity index (χ1v) is 9.61. The van der Waals surface area contributed by atoms with Gasteiger partial charge in [0.05, 0.1) is 17.5 Å². The summed E-state index contributed by atoms with van der Waals surface area (Å²) in [5.41, 5.74) is 4.47. The van der Waals surface area contributed by atoms with Crippen molar-refractivity contribution in [3.8, 4) is 18.1 Å². The fourth-order valence-electron chi connectivity index (χ4n) is 2.88. The van der Waals surface area contributed by atoms with E-state index < -0.39 is 0 Å². The third kappa shape index (κ3) is 4.76. The predicted molar refractivity (Wildman–Crippen MR) is 120 cm³/mol. The number of aldehydes is 1. The Morgan fingerprint density at radius 1 is 1.10 bits per heavy atom. The minimum absolute atomic E-state index is 0.00218. The number of terminal acetylenes is 1. The second-order valence-corrected chi connectivity index (χ2v) is 7.15. The van der Waals surface area contributed by atoms with Crippen LogP contribution in [0, 0.1) is 26.2 Å². The molecule has 0 aliphatic carbocycles. The number of carbonyl (C=O) groups excluding carboxylic acids is 1. The Bertz CT molecular complexity index is 1120. The van der Waals surface area contributed by atoms with Crippen LogP contribution < -0.4 is 15.4 Å². The molecule has 0 fully saturated rings. The zero-order valence-electron chi connectivity index (χ0n) is 17.5. The average Bonchev–Trinajstić information content (AvgIpc) is 2.72. The Kier molecular flexibility index (Phi) is 6.33. The standard InChI is InChI=1S/C24H24N4O2/c1-6-18-12-21(22(11-16(18)4)30-15(2)3)27-24-25-13-17(5)23(28-24)26-20-10-8-7-9-19(20)14-29/h1,7-15H,2-5H3,(H2,25,26,27,28). The summed E-state index contributed by atoms with van der Waals surface area (Å²) < 4.78 is 5.94. The second kappa shape index (κ2) is 9.10. The third-order valence-electron chi connectivity index (χ3n) is 4.40. The summed E-state index contributed by atoms with van der Waals surface area (Å²) in [6, 6.07) is 11.0. The fourth-order valence-corrected chi connectivity index (χ4v) is 2.88. The van der Waals surface area contributed by atoms with Crippen LogP contribution in [0.3, 0.4) is 0 Å². The van der Waals surface area contributed by atoms with E-state index in [4.69, 9.17) is 11.2 Å². The van der Waals surface area contributed by atoms with Crippen molar-refractivity contribution in [2.45, 2.75) is 33.8 Å². The number of ether oxygens (including phenoxy) is 1. The van der Waals surface area contributed by atoms with Gasteiger partial charge in [0, 0.05) is 22.9 Å². The molecular formula is C24H24N4O2. The van der Waals surface area contributed by atoms with Gasteiger partial charge in [0.15, 0.2) is 6.29 Å². The zero-order chi connectivity index (χ0) is 21.7. The minimum atomic E-state index is -0.00218. The Morgan fingerprint density at radius 3 is 2.57 bits per heavy atom. The van der Waals surface area contributed by atoms with Gasteiger partial charge in [0.2, 0.25) is 5.95 Å². The number of para-hydroxylation sites is 1. The summed E-state index contributed by atoms with van der Waals surface area (Å²) in [4.78, 5) is 20.3. The monoisotopic (exact) mass is 400 g/mol. The molecule has 6 heteroatoms. The summed E-state index contributed by atoms with van der Waals surface area (Å²) in [7, 11) is 0. The highest BCUT2D eigenvalue weighted by Gasteiger charge is 2.13. The van der Waals surface area contributed by atoms with Gasteiger partial charge in [-0.3, -0.25) is 4.79 Å². The smallest absolute Gasteiger partial charge is 0.229 e. The summed E-state index contributed by atoms with van der Waals surface area (Å²) in [5, 5.41) is 6.42. The summed E-state index contributed by atoms with van der Waals surface area (Å²) >= 11 is 0. The molecule has 3 rings (SSSR count). The lowest BCUT2D eigenvalue weighted by atomic mass is 10.1. The molecule has 0 saturated heterocycles. The summed E-state index contributed by atoms with van der Waals surface area (Å²) in [5.74, 6) is 4.34. The van der Waals surface area contributed by atoms with Crippen LogP contribution in [0.4, 0.5) is 23.1 Å². The molecule has 1 heterocycles. The fraction of sp³-hybridized carbons (Fsp3) is 0.208. The van der Waals surface area contributed by atoms with Crippen molar-refractivity contribution in [1.29, 1.82) is 0 Å². The van der Waals surface area contributed by atoms with E-state index in [-0.39, 0.29) is 6.10 Å². The van der Waals surface area contributed by atoms with Crippen molar-refractivity contribution >= 4 is 29.4 Å². The van der Waals surface area contributed by atoms with E-state index in [0.29, 0.717) is 34.5 Å². The van der Waals surface area contributed by atoms with Crippen LogP contribution in [0.2, 0.25) is 0 Å². The Hall–Kier alpha value is -3.85. The lowest BCUT2D eigenvalue weighted by molar-refractivity contribution is 0.112. The van der Waals surface area contributed by atoms with E-state index in [0.717, 1.165) is 23.0 Å². The van der Waals surface area contributed by atoms with E-state index in [1.165, 1.54) is 0 Å². The first kappa shape index (κ1) is 20.9. The van der Waals surface area contributed by atoms with Crippen LogP contribution in [-0.2, 0) is 0 Å². The maximum Gasteiger partial charge on any atom is 0.229 e. The molecule has 0 bridgehead atoms. The molecule has 3 aromatic rings. The Balaban J connectivity index is 1.95. The molecule has 30 heavy (non-hydrogen) atoms. The second-order valence-electron chi connectivity index (χ2n) is 7.15. The molecule has 152 valence electrons. The summed E-state index contributed by atoms with van der Waals surface area (Å²) in [6.45, 7) is 7.76. The maximum atomic E-state index is 11.3. The van der Waals surface area contributed by atoms with Gasteiger partial charge in [-0.15, -0.1) is 6.42 Å². The molecule has 6 nitrogen and oxygen atoms in total. The molecule has 1 aromatic heterocycles. The number of aryl methyl sites for hydroxylation is 2. The van der Waals surface area contributed by atoms with Gasteiger partial charge in [-0.25, -0.2) is 4.98 Å². The lowest BCUT2D eigenvalue weighted by Gasteiger charge is -2.17. The molecule has 2 N–H and O–H groups in total. The number of anilines is 4. The number of hydrogen-bond donors (Lipinski definition) is 2. The van der Waals surface area contributed by atoms with E-state index in [1.807, 2.05) is 58.0 Å². The minimum Gasteiger partial charge on any atom is -0.489 e. The summed E-state index contributed by atoms with van der Waals surface area (Å²) in [6.07, 6.45) is 8.15. The van der Waals surface area contributed by atoms with E-state index >= 15 is 0 Å². The molecule has 0 amide bonds. The van der Waals surface area contributed by atoms with Gasteiger partial charge in [0.1, 0.15) is 11.6 Å². The molecular weight excluding hydrogens is 376 g/mol. The molecule has 2 aromatic carbocycles. The van der Waals surface area contributed by atoms with Crippen LogP contribution in [0.25, 0.3) is 0 Å². The zero-order valence-corrected chi connectivity index (χ0v) is 17.5. The quantitative estimate of drug-likeness (QED) is 0.421. The van der Waals surface area contributed by atoms with E-state index in [1.54, 1.807) is 12.3 Å². The highest BCUT2D eigenvalue weighted by Crippen LogP contribution is 2.31. The van der Waals surface area contributed by atoms with Crippen molar-refractivity contribution in [3.63, 3.8) is 0 Å². The number of benzene rings is 2. The van der Waals surface area contributed by atoms with Crippen molar-refractivity contribution in [3.05, 3.63) is 64.8 Å². The van der Waals surface area contributed by atoms with Gasteiger partial charge in [-0.1, -0.05) is 18.1 Å². The van der Waals surface area contributed by atoms with Gasteiger partial charge < -0.3 is 15.4 Å². The molecule has 0 spiro atoms. The molecule has 0 atom stereocenters. The topological polar surface area (TPSA) is 76.1 Å². The Labute approximate surface area is 176 Å². The van der Waals surface area contributed by atoms with Crippen LogP contribution in [0.15, 0.2) is 42.6 Å². The number of rotatable bonds is 7. The SMILES string of the molecule is C#Cc1cc(Nc2ncc(C)c(Nc3ccccc3C=O)n2)c(OC(C)C)cc1C. The number of nitrogens with one attached hydrogen (secondary N) is 2. The first-order valence-electron chi connectivity index (χ1n) is 9.61. The molecule has 0 aliphatic heterocycles. The van der Waals surface area contributed by atoms with E-state index in [2.05, 4.69) is 26.5 Å². The van der Waals surface area contributed by atoms with Crippen molar-refractivity contribution in [2.75, 3.05) is 10.6 Å². The van der Waals surface area contributed by atoms with Crippen molar-refractivity contribution in [2.24, 2.45) is 0 Å². The van der Waals surface area contributed by atoms with Crippen LogP contribution in [0.5, 0.6) is 5.75 Å². The number of nitrogens with zero attached hydrogens (tertiary/aromatic N) is 2. The molecule has 0 radical (unpaired) electrons. The van der Waals surface area contributed by atoms with Crippen LogP contribution >= 0.6 is 0 Å². The Morgan fingerprint density at radius 2 is 1.87 bits per heavy atom. The largest absolute Gasteiger partial charge is 0.489 e. The molecule has 0 saturated carbocycles. The predicted octanol–water partition coefficient (Wildman–Crippen LogP) is 5.16. The molecule has 0 aliphatic rings. The highest BCUT2D eigenvalue weighted by molar-refractivity contribution is 5.85. The van der Waals surface area contributed by atoms with Crippen molar-refractivity contribution < 1.29 is 9.53 Å². The lowest BCUT2D eigenvalue weighted by Crippen LogP contribution is -2.09. The van der Waals surface area contributed by atoms with Crippen molar-refractivity contribution in [1.82, 2.24) is 9.97 Å². The normalized spacial score (nSPS) is 10.4. The first-order chi connectivity index (χ1) is 14.4. The van der Waals surface area contributed by atoms with Gasteiger partial charge in [0.25, 0.3) is 0 Å². The average molecular weight is 400 g/mol. The maximum absolute atomic E-state index is 11.3. The number of hydrogen-bond acceptors (Lipinski definition) is 6. The van der Waals surface area contributed by atoms with Crippen LogP contribution in [-0.4, -0.2) is 22.4 Å². The van der Waals surface area contributed by atoms with Gasteiger partial charge in [-0.2, -0.15) is 4.98 Å².